The fourth-order valence-corrected chi connectivity index (χ4v) is 3.31. The number of rotatable bonds is 4. The topological polar surface area (TPSA) is 80.6 Å². The number of carbonyl (C=O) groups is 2. The van der Waals surface area contributed by atoms with Crippen molar-refractivity contribution in [2.75, 3.05) is 39.4 Å². The first-order valence-corrected chi connectivity index (χ1v) is 8.71. The Balaban J connectivity index is 1.47. The number of carbonyl (C=O) groups excluding carboxylic acids is 2. The van der Waals surface area contributed by atoms with Gasteiger partial charge in [0.2, 0.25) is 11.8 Å². The molecule has 2 amide bonds. The zero-order chi connectivity index (χ0) is 16.8. The quantitative estimate of drug-likeness (QED) is 0.783. The molecule has 2 fully saturated rings. The molecule has 0 aliphatic carbocycles. The van der Waals surface area contributed by atoms with Crippen LogP contribution in [0, 0.1) is 5.92 Å². The highest BCUT2D eigenvalue weighted by atomic mass is 16.5. The van der Waals surface area contributed by atoms with Gasteiger partial charge in [0, 0.05) is 58.3 Å². The van der Waals surface area contributed by atoms with Crippen molar-refractivity contribution in [1.82, 2.24) is 24.6 Å². The first-order chi connectivity index (χ1) is 11.7. The normalized spacial score (nSPS) is 20.0. The van der Waals surface area contributed by atoms with E-state index in [0.717, 1.165) is 32.4 Å². The summed E-state index contributed by atoms with van der Waals surface area (Å²) in [7, 11) is 0. The molecule has 24 heavy (non-hydrogen) atoms. The van der Waals surface area contributed by atoms with Crippen molar-refractivity contribution in [2.24, 2.45) is 5.92 Å². The van der Waals surface area contributed by atoms with E-state index in [0.29, 0.717) is 39.3 Å². The maximum Gasteiger partial charge on any atom is 0.225 e. The molecule has 8 heteroatoms. The van der Waals surface area contributed by atoms with Crippen molar-refractivity contribution in [3.8, 4) is 0 Å². The summed E-state index contributed by atoms with van der Waals surface area (Å²) in [5.41, 5.74) is 0. The second-order valence-electron chi connectivity index (χ2n) is 6.40. The van der Waals surface area contributed by atoms with E-state index in [-0.39, 0.29) is 17.7 Å². The van der Waals surface area contributed by atoms with Crippen LogP contribution in [0.2, 0.25) is 0 Å². The van der Waals surface area contributed by atoms with Gasteiger partial charge in [-0.1, -0.05) is 0 Å². The monoisotopic (exact) mass is 335 g/mol. The van der Waals surface area contributed by atoms with Crippen LogP contribution in [-0.2, 0) is 20.9 Å². The molecule has 2 aliphatic rings. The summed E-state index contributed by atoms with van der Waals surface area (Å²) in [4.78, 5) is 28.8. The molecule has 0 N–H and O–H groups in total. The first-order valence-electron chi connectivity index (χ1n) is 8.71. The summed E-state index contributed by atoms with van der Waals surface area (Å²) in [6.07, 6.45) is 6.14. The summed E-state index contributed by atoms with van der Waals surface area (Å²) in [5, 5.41) is 7.47. The van der Waals surface area contributed by atoms with Crippen molar-refractivity contribution in [3.63, 3.8) is 0 Å². The molecule has 0 aromatic carbocycles. The summed E-state index contributed by atoms with van der Waals surface area (Å²) in [6, 6.07) is 0. The Labute approximate surface area is 141 Å². The third kappa shape index (κ3) is 4.31. The number of nitrogens with zero attached hydrogens (tertiary/aromatic N) is 5. The van der Waals surface area contributed by atoms with E-state index in [1.54, 1.807) is 17.2 Å². The molecule has 3 rings (SSSR count). The van der Waals surface area contributed by atoms with E-state index in [2.05, 4.69) is 10.2 Å². The van der Waals surface area contributed by atoms with E-state index >= 15 is 0 Å². The lowest BCUT2D eigenvalue weighted by Gasteiger charge is -2.28. The van der Waals surface area contributed by atoms with Crippen molar-refractivity contribution in [2.45, 2.75) is 32.2 Å². The predicted molar refractivity (Wildman–Crippen MR) is 86.0 cm³/mol. The number of ether oxygens (including phenoxy) is 1. The van der Waals surface area contributed by atoms with Crippen molar-refractivity contribution < 1.29 is 14.3 Å². The average Bonchev–Trinajstić information content (AvgIpc) is 3.02. The van der Waals surface area contributed by atoms with Gasteiger partial charge in [-0.3, -0.25) is 9.59 Å². The SMILES string of the molecule is O=C(CCn1cnnc1)N1CCCN(C(=O)C2CCOCC2)CC1. The smallest absolute Gasteiger partial charge is 0.225 e. The molecule has 132 valence electrons. The van der Waals surface area contributed by atoms with Gasteiger partial charge in [0.25, 0.3) is 0 Å². The van der Waals surface area contributed by atoms with Crippen LogP contribution in [-0.4, -0.2) is 75.8 Å². The molecule has 1 aromatic heterocycles. The van der Waals surface area contributed by atoms with Gasteiger partial charge in [-0.2, -0.15) is 0 Å². The molecular formula is C16H25N5O3. The molecule has 8 nitrogen and oxygen atoms in total. The Morgan fingerprint density at radius 2 is 1.67 bits per heavy atom. The molecule has 0 spiro atoms. The molecule has 0 radical (unpaired) electrons. The fraction of sp³-hybridized carbons (Fsp3) is 0.750. The van der Waals surface area contributed by atoms with E-state index in [1.165, 1.54) is 0 Å². The van der Waals surface area contributed by atoms with Gasteiger partial charge < -0.3 is 19.1 Å². The first kappa shape index (κ1) is 16.9. The highest BCUT2D eigenvalue weighted by Crippen LogP contribution is 2.19. The van der Waals surface area contributed by atoms with Gasteiger partial charge in [-0.15, -0.1) is 10.2 Å². The van der Waals surface area contributed by atoms with Gasteiger partial charge in [-0.25, -0.2) is 0 Å². The van der Waals surface area contributed by atoms with E-state index in [1.807, 2.05) is 9.80 Å². The largest absolute Gasteiger partial charge is 0.381 e. The lowest BCUT2D eigenvalue weighted by Crippen LogP contribution is -2.41. The van der Waals surface area contributed by atoms with Crippen LogP contribution in [0.5, 0.6) is 0 Å². The van der Waals surface area contributed by atoms with E-state index < -0.39 is 0 Å². The van der Waals surface area contributed by atoms with Crippen LogP contribution in [0.4, 0.5) is 0 Å². The molecule has 1 aromatic rings. The van der Waals surface area contributed by atoms with Gasteiger partial charge in [-0.05, 0) is 19.3 Å². The highest BCUT2D eigenvalue weighted by molar-refractivity contribution is 5.79. The predicted octanol–water partition coefficient (Wildman–Crippen LogP) is 0.156. The molecular weight excluding hydrogens is 310 g/mol. The van der Waals surface area contributed by atoms with E-state index in [9.17, 15) is 9.59 Å². The van der Waals surface area contributed by atoms with Crippen LogP contribution in [0.15, 0.2) is 12.7 Å². The standard InChI is InChI=1S/C16H25N5O3/c22-15(2-7-19-12-17-18-13-19)20-5-1-6-21(9-8-20)16(23)14-3-10-24-11-4-14/h12-14H,1-11H2. The number of hydrogen-bond donors (Lipinski definition) is 0. The van der Waals surface area contributed by atoms with Crippen molar-refractivity contribution in [3.05, 3.63) is 12.7 Å². The van der Waals surface area contributed by atoms with Crippen LogP contribution in [0.3, 0.4) is 0 Å². The third-order valence-electron chi connectivity index (χ3n) is 4.78. The van der Waals surface area contributed by atoms with Gasteiger partial charge in [0.15, 0.2) is 0 Å². The van der Waals surface area contributed by atoms with Crippen LogP contribution >= 0.6 is 0 Å². The minimum atomic E-state index is 0.0924. The Morgan fingerprint density at radius 3 is 2.42 bits per heavy atom. The lowest BCUT2D eigenvalue weighted by molar-refractivity contribution is -0.139. The maximum absolute atomic E-state index is 12.6. The van der Waals surface area contributed by atoms with Gasteiger partial charge >= 0.3 is 0 Å². The van der Waals surface area contributed by atoms with Crippen molar-refractivity contribution >= 4 is 11.8 Å². The van der Waals surface area contributed by atoms with Crippen LogP contribution in [0.1, 0.15) is 25.7 Å². The molecule has 3 heterocycles. The maximum atomic E-state index is 12.6. The Morgan fingerprint density at radius 1 is 1.00 bits per heavy atom. The second kappa shape index (κ2) is 8.23. The number of hydrogen-bond acceptors (Lipinski definition) is 5. The molecule has 0 bridgehead atoms. The Bertz CT molecular complexity index is 542. The average molecular weight is 335 g/mol. The van der Waals surface area contributed by atoms with Gasteiger partial charge in [0.05, 0.1) is 0 Å². The molecule has 0 unspecified atom stereocenters. The number of aromatic nitrogens is 3. The number of aryl methyl sites for hydroxylation is 1. The third-order valence-corrected chi connectivity index (χ3v) is 4.78. The zero-order valence-corrected chi connectivity index (χ0v) is 14.0. The summed E-state index contributed by atoms with van der Waals surface area (Å²) >= 11 is 0. The Kier molecular flexibility index (Phi) is 5.79. The molecule has 0 saturated carbocycles. The summed E-state index contributed by atoms with van der Waals surface area (Å²) in [6.45, 7) is 4.66. The van der Waals surface area contributed by atoms with Crippen molar-refractivity contribution in [1.29, 1.82) is 0 Å². The molecule has 2 saturated heterocycles. The van der Waals surface area contributed by atoms with E-state index in [4.69, 9.17) is 4.74 Å². The number of amides is 2. The minimum Gasteiger partial charge on any atom is -0.381 e. The Hall–Kier alpha value is -1.96. The summed E-state index contributed by atoms with van der Waals surface area (Å²) in [5.74, 6) is 0.455. The molecule has 2 aliphatic heterocycles. The zero-order valence-electron chi connectivity index (χ0n) is 14.0. The summed E-state index contributed by atoms with van der Waals surface area (Å²) < 4.78 is 7.14. The van der Waals surface area contributed by atoms with Crippen LogP contribution < -0.4 is 0 Å². The lowest BCUT2D eigenvalue weighted by atomic mass is 9.98. The fourth-order valence-electron chi connectivity index (χ4n) is 3.31. The van der Waals surface area contributed by atoms with Gasteiger partial charge in [0.1, 0.15) is 12.7 Å². The second-order valence-corrected chi connectivity index (χ2v) is 6.40. The highest BCUT2D eigenvalue weighted by Gasteiger charge is 2.28. The van der Waals surface area contributed by atoms with Crippen LogP contribution in [0.25, 0.3) is 0 Å². The minimum absolute atomic E-state index is 0.0924. The molecule has 0 atom stereocenters.